The molecule has 8 nitrogen and oxygen atoms in total. The molecule has 0 bridgehead atoms. The topological polar surface area (TPSA) is 111 Å². The Morgan fingerprint density at radius 3 is 2.91 bits per heavy atom. The van der Waals surface area contributed by atoms with Gasteiger partial charge in [0.2, 0.25) is 11.8 Å². The van der Waals surface area contributed by atoms with Crippen molar-refractivity contribution in [3.63, 3.8) is 0 Å². The maximum absolute atomic E-state index is 11.8. The van der Waals surface area contributed by atoms with Crippen LogP contribution in [0.2, 0.25) is 0 Å². The summed E-state index contributed by atoms with van der Waals surface area (Å²) in [5, 5.41) is 10.9. The largest absolute Gasteiger partial charge is 0.416 e. The molecule has 2 atom stereocenters. The van der Waals surface area contributed by atoms with E-state index >= 15 is 0 Å². The Morgan fingerprint density at radius 2 is 2.22 bits per heavy atom. The van der Waals surface area contributed by atoms with Crippen LogP contribution in [0.5, 0.6) is 0 Å². The third-order valence-corrected chi connectivity index (χ3v) is 6.47. The van der Waals surface area contributed by atoms with Crippen LogP contribution in [0.4, 0.5) is 0 Å². The van der Waals surface area contributed by atoms with Gasteiger partial charge in [0, 0.05) is 13.2 Å². The van der Waals surface area contributed by atoms with Crippen molar-refractivity contribution in [2.24, 2.45) is 0 Å². The van der Waals surface area contributed by atoms with E-state index in [-0.39, 0.29) is 40.4 Å². The minimum absolute atomic E-state index is 0.0567. The van der Waals surface area contributed by atoms with Crippen molar-refractivity contribution in [3.05, 3.63) is 5.89 Å². The van der Waals surface area contributed by atoms with Crippen LogP contribution < -0.4 is 5.32 Å². The predicted molar refractivity (Wildman–Crippen MR) is 83.0 cm³/mol. The molecule has 1 aromatic heterocycles. The zero-order valence-corrected chi connectivity index (χ0v) is 14.2. The number of hydrogen-bond acceptors (Lipinski definition) is 8. The van der Waals surface area contributed by atoms with Crippen LogP contribution in [0.15, 0.2) is 9.64 Å². The standard InChI is InChI=1S/C13H19N3O5S2/c17-11(14-6-10-2-1-4-20-10)7-22-13-16-15-12(21-13)9-3-5-23(18,19)8-9/h9-10H,1-8H2,(H,14,17)/t9-,10+/m1/s1. The second-order valence-corrected chi connectivity index (χ2v) is 8.89. The number of nitrogens with zero attached hydrogens (tertiary/aromatic N) is 2. The lowest BCUT2D eigenvalue weighted by Crippen LogP contribution is -2.32. The summed E-state index contributed by atoms with van der Waals surface area (Å²) in [4.78, 5) is 11.8. The lowest BCUT2D eigenvalue weighted by molar-refractivity contribution is -0.119. The highest BCUT2D eigenvalue weighted by molar-refractivity contribution is 7.99. The number of hydrogen-bond donors (Lipinski definition) is 1. The van der Waals surface area contributed by atoms with Crippen LogP contribution in [0.3, 0.4) is 0 Å². The number of aromatic nitrogens is 2. The van der Waals surface area contributed by atoms with E-state index in [9.17, 15) is 13.2 Å². The quantitative estimate of drug-likeness (QED) is 0.723. The molecule has 10 heteroatoms. The van der Waals surface area contributed by atoms with E-state index in [1.807, 2.05) is 0 Å². The van der Waals surface area contributed by atoms with Crippen molar-refractivity contribution in [2.45, 2.75) is 36.5 Å². The van der Waals surface area contributed by atoms with E-state index in [4.69, 9.17) is 9.15 Å². The zero-order chi connectivity index (χ0) is 16.3. The van der Waals surface area contributed by atoms with Gasteiger partial charge in [-0.05, 0) is 19.3 Å². The Bertz CT molecular complexity index is 654. The molecule has 1 amide bonds. The molecule has 1 aromatic rings. The highest BCUT2D eigenvalue weighted by atomic mass is 32.2. The average molecular weight is 361 g/mol. The van der Waals surface area contributed by atoms with Crippen LogP contribution in [-0.4, -0.2) is 61.0 Å². The predicted octanol–water partition coefficient (Wildman–Crippen LogP) is 0.359. The summed E-state index contributed by atoms with van der Waals surface area (Å²) < 4.78 is 33.8. The van der Waals surface area contributed by atoms with E-state index in [1.165, 1.54) is 0 Å². The molecule has 0 radical (unpaired) electrons. The number of rotatable bonds is 6. The van der Waals surface area contributed by atoms with Gasteiger partial charge < -0.3 is 14.5 Å². The summed E-state index contributed by atoms with van der Waals surface area (Å²) >= 11 is 1.15. The van der Waals surface area contributed by atoms with Gasteiger partial charge >= 0.3 is 0 Å². The molecule has 2 aliphatic rings. The molecule has 1 N–H and O–H groups in total. The number of ether oxygens (including phenoxy) is 1. The van der Waals surface area contributed by atoms with Crippen LogP contribution in [0.25, 0.3) is 0 Å². The molecule has 3 heterocycles. The first kappa shape index (κ1) is 16.7. The molecule has 2 fully saturated rings. The van der Waals surface area contributed by atoms with E-state index in [0.29, 0.717) is 18.9 Å². The van der Waals surface area contributed by atoms with E-state index in [2.05, 4.69) is 15.5 Å². The lowest BCUT2D eigenvalue weighted by atomic mass is 10.1. The number of amides is 1. The van der Waals surface area contributed by atoms with Crippen molar-refractivity contribution in [1.82, 2.24) is 15.5 Å². The van der Waals surface area contributed by atoms with Crippen LogP contribution in [-0.2, 0) is 19.4 Å². The fourth-order valence-electron chi connectivity index (χ4n) is 2.64. The molecule has 0 aromatic carbocycles. The first-order valence-electron chi connectivity index (χ1n) is 7.57. The van der Waals surface area contributed by atoms with Gasteiger partial charge in [-0.25, -0.2) is 8.42 Å². The summed E-state index contributed by atoms with van der Waals surface area (Å²) in [7, 11) is -2.99. The highest BCUT2D eigenvalue weighted by Gasteiger charge is 2.32. The monoisotopic (exact) mass is 361 g/mol. The Kier molecular flexibility index (Phi) is 5.22. The molecular formula is C13H19N3O5S2. The Morgan fingerprint density at radius 1 is 1.35 bits per heavy atom. The Hall–Kier alpha value is -1.13. The summed E-state index contributed by atoms with van der Waals surface area (Å²) in [6.45, 7) is 1.28. The van der Waals surface area contributed by atoms with Crippen molar-refractivity contribution >= 4 is 27.5 Å². The highest BCUT2D eigenvalue weighted by Crippen LogP contribution is 2.29. The molecule has 0 spiro atoms. The molecule has 0 aliphatic carbocycles. The van der Waals surface area contributed by atoms with Crippen molar-refractivity contribution < 1.29 is 22.4 Å². The molecule has 0 saturated carbocycles. The van der Waals surface area contributed by atoms with E-state index in [1.54, 1.807) is 0 Å². The summed E-state index contributed by atoms with van der Waals surface area (Å²) in [5.74, 6) is 0.393. The minimum Gasteiger partial charge on any atom is -0.416 e. The van der Waals surface area contributed by atoms with E-state index in [0.717, 1.165) is 31.2 Å². The third kappa shape index (κ3) is 4.67. The molecule has 0 unspecified atom stereocenters. The summed E-state index contributed by atoms with van der Waals surface area (Å²) in [5.41, 5.74) is 0. The molecular weight excluding hydrogens is 342 g/mol. The van der Waals surface area contributed by atoms with Crippen LogP contribution in [0.1, 0.15) is 31.1 Å². The number of nitrogens with one attached hydrogen (secondary N) is 1. The number of carbonyl (C=O) groups excluding carboxylic acids is 1. The molecule has 128 valence electrons. The first-order valence-corrected chi connectivity index (χ1v) is 10.4. The van der Waals surface area contributed by atoms with Gasteiger partial charge in [-0.15, -0.1) is 10.2 Å². The van der Waals surface area contributed by atoms with Gasteiger partial charge in [0.25, 0.3) is 5.22 Å². The summed E-state index contributed by atoms with van der Waals surface area (Å²) in [6.07, 6.45) is 2.64. The van der Waals surface area contributed by atoms with Gasteiger partial charge in [-0.1, -0.05) is 11.8 Å². The molecule has 3 rings (SSSR count). The first-order chi connectivity index (χ1) is 11.0. The normalized spacial score (nSPS) is 26.4. The SMILES string of the molecule is O=C(CSc1nnc([C@@H]2CCS(=O)(=O)C2)o1)NC[C@@H]1CCCO1. The molecule has 2 aliphatic heterocycles. The second kappa shape index (κ2) is 7.18. The van der Waals surface area contributed by atoms with Gasteiger partial charge in [-0.3, -0.25) is 4.79 Å². The zero-order valence-electron chi connectivity index (χ0n) is 12.6. The molecule has 2 saturated heterocycles. The maximum Gasteiger partial charge on any atom is 0.277 e. The number of carbonyl (C=O) groups is 1. The fourth-order valence-corrected chi connectivity index (χ4v) is 4.98. The number of thioether (sulfide) groups is 1. The van der Waals surface area contributed by atoms with Gasteiger partial charge in [0.1, 0.15) is 0 Å². The maximum atomic E-state index is 11.8. The van der Waals surface area contributed by atoms with Gasteiger partial charge in [0.05, 0.1) is 29.3 Å². The minimum atomic E-state index is -2.99. The van der Waals surface area contributed by atoms with Crippen molar-refractivity contribution in [3.8, 4) is 0 Å². The van der Waals surface area contributed by atoms with Crippen molar-refractivity contribution in [1.29, 1.82) is 0 Å². The smallest absolute Gasteiger partial charge is 0.277 e. The lowest BCUT2D eigenvalue weighted by Gasteiger charge is -2.09. The Balaban J connectivity index is 1.43. The van der Waals surface area contributed by atoms with Crippen LogP contribution in [0, 0.1) is 0 Å². The summed E-state index contributed by atoms with van der Waals surface area (Å²) in [6, 6.07) is 0. The third-order valence-electron chi connectivity index (χ3n) is 3.88. The average Bonchev–Trinajstić information content (AvgIpc) is 3.23. The van der Waals surface area contributed by atoms with Crippen LogP contribution >= 0.6 is 11.8 Å². The van der Waals surface area contributed by atoms with Gasteiger partial charge in [0.15, 0.2) is 9.84 Å². The molecule has 23 heavy (non-hydrogen) atoms. The fraction of sp³-hybridized carbons (Fsp3) is 0.769. The van der Waals surface area contributed by atoms with E-state index < -0.39 is 9.84 Å². The Labute approximate surface area is 138 Å². The van der Waals surface area contributed by atoms with Gasteiger partial charge in [-0.2, -0.15) is 0 Å². The van der Waals surface area contributed by atoms with Crippen molar-refractivity contribution in [2.75, 3.05) is 30.4 Å². The second-order valence-electron chi connectivity index (χ2n) is 5.73. The number of sulfone groups is 1.